The molecule has 2 heterocycles. The fourth-order valence-electron chi connectivity index (χ4n) is 5.59. The second kappa shape index (κ2) is 11.0. The van der Waals surface area contributed by atoms with E-state index in [0.717, 1.165) is 26.5 Å². The third-order valence-electron chi connectivity index (χ3n) is 7.87. The lowest BCUT2D eigenvalue weighted by molar-refractivity contribution is -0.138. The van der Waals surface area contributed by atoms with Crippen molar-refractivity contribution in [1.29, 1.82) is 5.41 Å². The van der Waals surface area contributed by atoms with Crippen molar-refractivity contribution in [1.82, 2.24) is 15.5 Å². The van der Waals surface area contributed by atoms with Crippen molar-refractivity contribution in [2.45, 2.75) is 43.9 Å². The summed E-state index contributed by atoms with van der Waals surface area (Å²) in [6, 6.07) is 13.4. The molecule has 5 N–H and O–H groups in total. The number of halogens is 2. The summed E-state index contributed by atoms with van der Waals surface area (Å²) in [7, 11) is 0. The third-order valence-corrected chi connectivity index (χ3v) is 8.98. The predicted molar refractivity (Wildman–Crippen MR) is 154 cm³/mol. The molecule has 1 fully saturated rings. The zero-order chi connectivity index (χ0) is 29.5. The van der Waals surface area contributed by atoms with Crippen LogP contribution in [-0.4, -0.2) is 59.9 Å². The Labute approximate surface area is 240 Å². The average Bonchev–Trinajstić information content (AvgIpc) is 3.67. The van der Waals surface area contributed by atoms with Gasteiger partial charge in [-0.05, 0) is 47.4 Å². The first-order valence-corrected chi connectivity index (χ1v) is 14.2. The summed E-state index contributed by atoms with van der Waals surface area (Å²) >= 11 is 1.30. The summed E-state index contributed by atoms with van der Waals surface area (Å²) in [5.74, 6) is -1.78. The van der Waals surface area contributed by atoms with Crippen molar-refractivity contribution in [2.75, 3.05) is 19.8 Å². The number of carbonyl (C=O) groups is 3. The summed E-state index contributed by atoms with van der Waals surface area (Å²) in [6.07, 6.45) is -0.492. The second-order valence-corrected chi connectivity index (χ2v) is 11.6. The average molecular weight is 580 g/mol. The van der Waals surface area contributed by atoms with Gasteiger partial charge in [-0.3, -0.25) is 19.8 Å². The third kappa shape index (κ3) is 5.46. The molecular formula is C30H31F2N5O3S. The number of amides is 3. The first kappa shape index (κ1) is 28.4. The van der Waals surface area contributed by atoms with Crippen LogP contribution in [-0.2, 0) is 9.59 Å². The van der Waals surface area contributed by atoms with Crippen molar-refractivity contribution >= 4 is 34.9 Å². The number of hydrogen-bond acceptors (Lipinski definition) is 5. The first-order valence-electron chi connectivity index (χ1n) is 13.3. The van der Waals surface area contributed by atoms with E-state index < -0.39 is 61.7 Å². The van der Waals surface area contributed by atoms with E-state index >= 15 is 4.39 Å². The van der Waals surface area contributed by atoms with Crippen LogP contribution in [0.5, 0.6) is 0 Å². The van der Waals surface area contributed by atoms with Crippen molar-refractivity contribution in [2.24, 2.45) is 5.73 Å². The van der Waals surface area contributed by atoms with Crippen LogP contribution in [0.2, 0.25) is 0 Å². The normalized spacial score (nSPS) is 21.6. The molecule has 4 atom stereocenters. The number of nitrogens with one attached hydrogen (secondary N) is 3. The zero-order valence-corrected chi connectivity index (χ0v) is 23.5. The Morgan fingerprint density at radius 2 is 1.88 bits per heavy atom. The van der Waals surface area contributed by atoms with E-state index in [9.17, 15) is 18.8 Å². The maximum absolute atomic E-state index is 15.1. The topological polar surface area (TPSA) is 128 Å². The van der Waals surface area contributed by atoms with E-state index in [1.54, 1.807) is 24.4 Å². The maximum Gasteiger partial charge on any atom is 0.251 e. The highest BCUT2D eigenvalue weighted by atomic mass is 32.1. The van der Waals surface area contributed by atoms with Gasteiger partial charge in [-0.15, -0.1) is 11.3 Å². The Hall–Kier alpha value is -4.12. The number of nitrogens with two attached hydrogens (primary N) is 1. The number of benzene rings is 2. The van der Waals surface area contributed by atoms with Crippen LogP contribution >= 0.6 is 11.3 Å². The van der Waals surface area contributed by atoms with Gasteiger partial charge in [-0.25, -0.2) is 8.78 Å². The predicted octanol–water partition coefficient (Wildman–Crippen LogP) is 4.05. The Balaban J connectivity index is 1.25. The molecule has 0 spiro atoms. The van der Waals surface area contributed by atoms with E-state index in [4.69, 9.17) is 11.1 Å². The fourth-order valence-corrected chi connectivity index (χ4v) is 6.50. The lowest BCUT2D eigenvalue weighted by Gasteiger charge is -2.25. The van der Waals surface area contributed by atoms with Gasteiger partial charge in [0.05, 0.1) is 19.1 Å². The van der Waals surface area contributed by atoms with Gasteiger partial charge < -0.3 is 21.3 Å². The summed E-state index contributed by atoms with van der Waals surface area (Å²) in [4.78, 5) is 41.0. The van der Waals surface area contributed by atoms with Crippen LogP contribution in [0, 0.1) is 5.41 Å². The summed E-state index contributed by atoms with van der Waals surface area (Å²) in [6.45, 7) is 1.38. The molecule has 3 amide bonds. The molecule has 1 unspecified atom stereocenters. The lowest BCUT2D eigenvalue weighted by atomic mass is 9.97. The molecule has 41 heavy (non-hydrogen) atoms. The molecule has 1 aromatic heterocycles. The van der Waals surface area contributed by atoms with Crippen LogP contribution in [0.3, 0.4) is 0 Å². The number of thiophene rings is 1. The number of carbonyl (C=O) groups excluding carboxylic acids is 3. The summed E-state index contributed by atoms with van der Waals surface area (Å²) in [5.41, 5.74) is 8.44. The van der Waals surface area contributed by atoms with E-state index in [0.29, 0.717) is 11.1 Å². The van der Waals surface area contributed by atoms with Gasteiger partial charge in [-0.1, -0.05) is 37.3 Å². The van der Waals surface area contributed by atoms with Crippen molar-refractivity contribution in [3.05, 3.63) is 81.0 Å². The van der Waals surface area contributed by atoms with E-state index in [1.165, 1.54) is 16.9 Å². The molecule has 5 rings (SSSR count). The van der Waals surface area contributed by atoms with Gasteiger partial charge in [0, 0.05) is 33.7 Å². The van der Waals surface area contributed by atoms with Gasteiger partial charge in [0.15, 0.2) is 5.67 Å². The minimum atomic E-state index is -2.36. The van der Waals surface area contributed by atoms with Crippen LogP contribution in [0.15, 0.2) is 53.9 Å². The maximum atomic E-state index is 15.1. The number of nitrogen functional groups attached to an aromatic ring is 1. The number of alkyl halides is 2. The van der Waals surface area contributed by atoms with Crippen LogP contribution in [0.1, 0.15) is 64.2 Å². The van der Waals surface area contributed by atoms with Crippen molar-refractivity contribution in [3.63, 3.8) is 0 Å². The molecule has 8 nitrogen and oxygen atoms in total. The highest BCUT2D eigenvalue weighted by Gasteiger charge is 2.49. The number of amidine groups is 1. The second-order valence-electron chi connectivity index (χ2n) is 10.7. The molecule has 1 aliphatic heterocycles. The summed E-state index contributed by atoms with van der Waals surface area (Å²) < 4.78 is 28.7. The monoisotopic (exact) mass is 579 g/mol. The van der Waals surface area contributed by atoms with Gasteiger partial charge in [0.2, 0.25) is 11.8 Å². The van der Waals surface area contributed by atoms with E-state index in [1.807, 2.05) is 30.3 Å². The highest BCUT2D eigenvalue weighted by Crippen LogP contribution is 2.44. The Kier molecular flexibility index (Phi) is 7.65. The van der Waals surface area contributed by atoms with Gasteiger partial charge >= 0.3 is 0 Å². The lowest BCUT2D eigenvalue weighted by Crippen LogP contribution is -2.49. The molecule has 0 bridgehead atoms. The molecular weight excluding hydrogens is 548 g/mol. The molecule has 11 heteroatoms. The molecule has 1 aliphatic carbocycles. The smallest absolute Gasteiger partial charge is 0.251 e. The first-order chi connectivity index (χ1) is 19.5. The standard InChI is InChI=1S/C30H31F2N5O3S/c1-16-20-5-3-4-6-21(20)22-8-7-18(9-23(16)22)28(39)35-12-26(38)37-15-30(32,14-31)11-24(37)29(40)36-17(2)25-10-19(13-41-25)27(33)34/h3-10,13,16-17,24H,11-12,14-15H2,1-2H3,(H3,33,34)(H,35,39)(H,36,40)/t16?,17-,24+,30+/m1/s1. The number of likely N-dealkylation sites (tertiary alicyclic amines) is 1. The van der Waals surface area contributed by atoms with E-state index in [-0.39, 0.29) is 11.8 Å². The molecule has 214 valence electrons. The molecule has 0 radical (unpaired) electrons. The van der Waals surface area contributed by atoms with Crippen molar-refractivity contribution in [3.8, 4) is 11.1 Å². The highest BCUT2D eigenvalue weighted by molar-refractivity contribution is 7.10. The quantitative estimate of drug-likeness (QED) is 0.237. The Morgan fingerprint density at radius 3 is 2.59 bits per heavy atom. The largest absolute Gasteiger partial charge is 0.384 e. The van der Waals surface area contributed by atoms with Crippen LogP contribution in [0.25, 0.3) is 11.1 Å². The number of nitrogens with zero attached hydrogens (tertiary/aromatic N) is 1. The molecule has 2 aromatic carbocycles. The minimum absolute atomic E-state index is 0.106. The van der Waals surface area contributed by atoms with Crippen molar-refractivity contribution < 1.29 is 23.2 Å². The minimum Gasteiger partial charge on any atom is -0.384 e. The number of hydrogen-bond donors (Lipinski definition) is 4. The molecule has 1 saturated heterocycles. The SMILES string of the molecule is CC1c2ccccc2-c2ccc(C(=O)NCC(=O)N3C[C@@](F)(CF)C[C@H]3C(=O)N[C@H](C)c3cc(C(=N)N)cs3)cc21. The molecule has 0 saturated carbocycles. The Morgan fingerprint density at radius 1 is 1.15 bits per heavy atom. The zero-order valence-electron chi connectivity index (χ0n) is 22.7. The molecule has 2 aliphatic rings. The van der Waals surface area contributed by atoms with Gasteiger partial charge in [0.25, 0.3) is 5.91 Å². The molecule has 3 aromatic rings. The Bertz CT molecular complexity index is 1540. The fraction of sp³-hybridized carbons (Fsp3) is 0.333. The summed E-state index contributed by atoms with van der Waals surface area (Å²) in [5, 5.41) is 14.6. The number of rotatable bonds is 8. The van der Waals surface area contributed by atoms with Crippen LogP contribution in [0.4, 0.5) is 8.78 Å². The number of fused-ring (bicyclic) bond motifs is 3. The van der Waals surface area contributed by atoms with Crippen LogP contribution < -0.4 is 16.4 Å². The van der Waals surface area contributed by atoms with Gasteiger partial charge in [0.1, 0.15) is 18.6 Å². The van der Waals surface area contributed by atoms with Gasteiger partial charge in [-0.2, -0.15) is 0 Å². The van der Waals surface area contributed by atoms with E-state index in [2.05, 4.69) is 23.6 Å².